The molecule has 0 fully saturated rings. The molecule has 4 heterocycles. The zero-order chi connectivity index (χ0) is 24.0. The van der Waals surface area contributed by atoms with Gasteiger partial charge in [-0.3, -0.25) is 14.2 Å². The summed E-state index contributed by atoms with van der Waals surface area (Å²) in [6.07, 6.45) is 3.13. The maximum Gasteiger partial charge on any atom is 0.338 e. The Morgan fingerprint density at radius 3 is 2.76 bits per heavy atom. The number of carbonyl (C=O) groups is 2. The van der Waals surface area contributed by atoms with Crippen LogP contribution in [-0.4, -0.2) is 29.6 Å². The molecule has 1 amide bonds. The Morgan fingerprint density at radius 1 is 1.26 bits per heavy atom. The lowest BCUT2D eigenvalue weighted by atomic mass is 10.0. The molecule has 2 aliphatic rings. The maximum absolute atomic E-state index is 13.8. The second-order valence-electron chi connectivity index (χ2n) is 7.73. The Balaban J connectivity index is 1.81. The van der Waals surface area contributed by atoms with Crippen LogP contribution in [0.1, 0.15) is 31.2 Å². The predicted molar refractivity (Wildman–Crippen MR) is 127 cm³/mol. The topological polar surface area (TPSA) is 94.1 Å². The molecule has 172 valence electrons. The van der Waals surface area contributed by atoms with Crippen LogP contribution in [0.25, 0.3) is 5.57 Å². The fourth-order valence-electron chi connectivity index (χ4n) is 4.37. The van der Waals surface area contributed by atoms with Crippen LogP contribution in [-0.2, 0) is 14.3 Å². The first-order valence-corrected chi connectivity index (χ1v) is 11.6. The lowest BCUT2D eigenvalue weighted by molar-refractivity contribution is -0.139. The van der Waals surface area contributed by atoms with Crippen molar-refractivity contribution in [2.45, 2.75) is 19.9 Å². The van der Waals surface area contributed by atoms with Crippen molar-refractivity contribution in [2.75, 3.05) is 18.1 Å². The summed E-state index contributed by atoms with van der Waals surface area (Å²) in [4.78, 5) is 46.6. The fourth-order valence-corrected chi connectivity index (χ4v) is 5.50. The average Bonchev–Trinajstić information content (AvgIpc) is 3.52. The molecular weight excluding hydrogens is 454 g/mol. The number of hydrogen-bond donors (Lipinski definition) is 0. The van der Waals surface area contributed by atoms with Gasteiger partial charge in [0.2, 0.25) is 0 Å². The minimum Gasteiger partial charge on any atom is -0.467 e. The first kappa shape index (κ1) is 21.8. The molecule has 0 aliphatic carbocycles. The quantitative estimate of drug-likeness (QED) is 0.417. The third kappa shape index (κ3) is 3.19. The largest absolute Gasteiger partial charge is 0.467 e. The molecule has 0 saturated carbocycles. The number of benzene rings is 1. The monoisotopic (exact) mass is 475 g/mol. The van der Waals surface area contributed by atoms with E-state index in [4.69, 9.17) is 9.15 Å². The van der Waals surface area contributed by atoms with Crippen molar-refractivity contribution in [3.8, 4) is 0 Å². The van der Waals surface area contributed by atoms with Crippen LogP contribution in [0.3, 0.4) is 0 Å². The van der Waals surface area contributed by atoms with Gasteiger partial charge in [0.25, 0.3) is 11.5 Å². The Kier molecular flexibility index (Phi) is 5.41. The molecule has 34 heavy (non-hydrogen) atoms. The number of hydrogen-bond acceptors (Lipinski definition) is 7. The third-order valence-electron chi connectivity index (χ3n) is 5.77. The highest BCUT2D eigenvalue weighted by molar-refractivity contribution is 7.07. The standard InChI is InChI=1S/C25H21N3O5S/c1-4-12-27-16-10-7-6-9-15(16)19(22(27)29)21-23(30)28-20(17-11-8-13-33-17)18(24(31)32-5-2)14(3)26-25(28)34-21/h4,6-11,13,20H,1,5,12H2,2-3H3/b21-19-/t20-/m0/s1. The number of furan rings is 1. The Hall–Kier alpha value is -3.98. The van der Waals surface area contributed by atoms with Gasteiger partial charge in [-0.2, -0.15) is 0 Å². The molecule has 0 N–H and O–H groups in total. The predicted octanol–water partition coefficient (Wildman–Crippen LogP) is 2.29. The van der Waals surface area contributed by atoms with Gasteiger partial charge in [0, 0.05) is 12.1 Å². The lowest BCUT2D eigenvalue weighted by Gasteiger charge is -2.22. The van der Waals surface area contributed by atoms with Gasteiger partial charge in [-0.05, 0) is 32.0 Å². The number of carbonyl (C=O) groups excluding carboxylic acids is 2. The summed E-state index contributed by atoms with van der Waals surface area (Å²) in [6, 6.07) is 9.88. The molecule has 2 aliphatic heterocycles. The number of rotatable bonds is 5. The van der Waals surface area contributed by atoms with Crippen molar-refractivity contribution in [2.24, 2.45) is 4.99 Å². The summed E-state index contributed by atoms with van der Waals surface area (Å²) in [7, 11) is 0. The van der Waals surface area contributed by atoms with E-state index in [9.17, 15) is 14.4 Å². The summed E-state index contributed by atoms with van der Waals surface area (Å²) in [5.74, 6) is -0.439. The zero-order valence-electron chi connectivity index (χ0n) is 18.6. The smallest absolute Gasteiger partial charge is 0.338 e. The zero-order valence-corrected chi connectivity index (χ0v) is 19.4. The highest BCUT2D eigenvalue weighted by atomic mass is 32.1. The summed E-state index contributed by atoms with van der Waals surface area (Å²) >= 11 is 1.12. The van der Waals surface area contributed by atoms with Gasteiger partial charge in [0.1, 0.15) is 16.3 Å². The molecule has 9 heteroatoms. The molecule has 0 radical (unpaired) electrons. The normalized spacial score (nSPS) is 18.5. The van der Waals surface area contributed by atoms with Gasteiger partial charge in [0.05, 0.1) is 35.4 Å². The average molecular weight is 476 g/mol. The van der Waals surface area contributed by atoms with Gasteiger partial charge < -0.3 is 14.1 Å². The molecule has 5 rings (SSSR count). The number of aromatic nitrogens is 1. The van der Waals surface area contributed by atoms with Crippen LogP contribution in [0.15, 0.2) is 80.8 Å². The summed E-state index contributed by atoms with van der Waals surface area (Å²) in [5, 5.41) is 0. The number of esters is 1. The summed E-state index contributed by atoms with van der Waals surface area (Å²) in [5.41, 5.74) is 1.96. The number of thiazole rings is 1. The third-order valence-corrected chi connectivity index (χ3v) is 6.82. The molecule has 1 atom stereocenters. The van der Waals surface area contributed by atoms with Gasteiger partial charge in [-0.15, -0.1) is 6.58 Å². The fraction of sp³-hybridized carbons (Fsp3) is 0.200. The maximum atomic E-state index is 13.8. The van der Waals surface area contributed by atoms with Crippen molar-refractivity contribution >= 4 is 34.5 Å². The van der Waals surface area contributed by atoms with E-state index < -0.39 is 17.6 Å². The molecule has 3 aromatic rings. The Morgan fingerprint density at radius 2 is 2.06 bits per heavy atom. The molecule has 0 spiro atoms. The van der Waals surface area contributed by atoms with E-state index in [2.05, 4.69) is 11.6 Å². The van der Waals surface area contributed by atoms with Crippen molar-refractivity contribution in [1.82, 2.24) is 4.57 Å². The van der Waals surface area contributed by atoms with Crippen molar-refractivity contribution in [1.29, 1.82) is 0 Å². The van der Waals surface area contributed by atoms with Gasteiger partial charge in [-0.1, -0.05) is 35.6 Å². The summed E-state index contributed by atoms with van der Waals surface area (Å²) in [6.45, 7) is 7.66. The minimum atomic E-state index is -0.851. The molecule has 0 unspecified atom stereocenters. The Bertz CT molecular complexity index is 1540. The number of anilines is 1. The Labute approximate surface area is 198 Å². The molecule has 0 bridgehead atoms. The highest BCUT2D eigenvalue weighted by Crippen LogP contribution is 2.35. The van der Waals surface area contributed by atoms with E-state index >= 15 is 0 Å². The van der Waals surface area contributed by atoms with E-state index in [1.165, 1.54) is 10.8 Å². The second kappa shape index (κ2) is 8.42. The second-order valence-corrected chi connectivity index (χ2v) is 8.71. The van der Waals surface area contributed by atoms with E-state index in [0.717, 1.165) is 17.0 Å². The van der Waals surface area contributed by atoms with Crippen LogP contribution < -0.4 is 19.8 Å². The number of allylic oxidation sites excluding steroid dienone is 1. The van der Waals surface area contributed by atoms with Crippen LogP contribution in [0.5, 0.6) is 0 Å². The molecule has 0 saturated heterocycles. The molecule has 2 aromatic heterocycles. The SMILES string of the molecule is C=CCN1C(=O)/C(=c2\sc3n(c2=O)[C@@H](c2ccco2)C(C(=O)OCC)=C(C)N=3)c2ccccc21. The van der Waals surface area contributed by atoms with Crippen LogP contribution in [0.2, 0.25) is 0 Å². The van der Waals surface area contributed by atoms with Crippen LogP contribution in [0, 0.1) is 0 Å². The van der Waals surface area contributed by atoms with Crippen LogP contribution >= 0.6 is 11.3 Å². The molecule has 8 nitrogen and oxygen atoms in total. The van der Waals surface area contributed by atoms with Crippen molar-refractivity contribution in [3.05, 3.63) is 97.6 Å². The first-order chi connectivity index (χ1) is 16.5. The van der Waals surface area contributed by atoms with Gasteiger partial charge >= 0.3 is 5.97 Å². The van der Waals surface area contributed by atoms with Crippen LogP contribution in [0.4, 0.5) is 5.69 Å². The summed E-state index contributed by atoms with van der Waals surface area (Å²) < 4.78 is 12.6. The van der Waals surface area contributed by atoms with Gasteiger partial charge in [0.15, 0.2) is 4.80 Å². The van der Waals surface area contributed by atoms with E-state index in [1.54, 1.807) is 37.0 Å². The van der Waals surface area contributed by atoms with Crippen molar-refractivity contribution < 1.29 is 18.7 Å². The highest BCUT2D eigenvalue weighted by Gasteiger charge is 2.37. The molecular formula is C25H21N3O5S. The number of amides is 1. The number of fused-ring (bicyclic) bond motifs is 2. The minimum absolute atomic E-state index is 0.180. The van der Waals surface area contributed by atoms with Gasteiger partial charge in [-0.25, -0.2) is 9.79 Å². The first-order valence-electron chi connectivity index (χ1n) is 10.8. The number of ether oxygens (including phenoxy) is 1. The lowest BCUT2D eigenvalue weighted by Crippen LogP contribution is -2.40. The van der Waals surface area contributed by atoms with E-state index in [0.29, 0.717) is 33.9 Å². The number of nitrogens with zero attached hydrogens (tertiary/aromatic N) is 3. The number of para-hydroxylation sites is 1. The van der Waals surface area contributed by atoms with Crippen molar-refractivity contribution in [3.63, 3.8) is 0 Å². The van der Waals surface area contributed by atoms with E-state index in [1.807, 2.05) is 24.3 Å². The molecule has 1 aromatic carbocycles. The van der Waals surface area contributed by atoms with E-state index in [-0.39, 0.29) is 22.6 Å².